The molecule has 0 spiro atoms. The van der Waals surface area contributed by atoms with Gasteiger partial charge < -0.3 is 4.90 Å². The lowest BCUT2D eigenvalue weighted by atomic mass is 9.75. The summed E-state index contributed by atoms with van der Waals surface area (Å²) in [6.45, 7) is 3.54. The number of nitrogens with zero attached hydrogens (tertiary/aromatic N) is 1. The number of hydrogen-bond acceptors (Lipinski definition) is 3. The van der Waals surface area contributed by atoms with Crippen molar-refractivity contribution in [3.8, 4) is 0 Å². The highest BCUT2D eigenvalue weighted by atomic mass is 32.2. The predicted octanol–water partition coefficient (Wildman–Crippen LogP) is 4.13. The number of benzene rings is 2. The Labute approximate surface area is 179 Å². The number of amides is 1. The lowest BCUT2D eigenvalue weighted by molar-refractivity contribution is 0.0520. The average Bonchev–Trinajstić information content (AvgIpc) is 2.78. The van der Waals surface area contributed by atoms with Crippen LogP contribution in [0.2, 0.25) is 0 Å². The minimum Gasteiger partial charge on any atom is -0.338 e. The molecule has 2 fully saturated rings. The lowest BCUT2D eigenvalue weighted by Gasteiger charge is -2.41. The molecule has 4 rings (SSSR count). The van der Waals surface area contributed by atoms with Crippen molar-refractivity contribution in [2.75, 3.05) is 13.1 Å². The van der Waals surface area contributed by atoms with E-state index in [0.29, 0.717) is 17.0 Å². The first kappa shape index (κ1) is 21.1. The van der Waals surface area contributed by atoms with E-state index in [1.807, 2.05) is 35.2 Å². The molecule has 1 N–H and O–H groups in total. The highest BCUT2D eigenvalue weighted by molar-refractivity contribution is 7.89. The molecule has 2 atom stereocenters. The zero-order valence-electron chi connectivity index (χ0n) is 17.5. The van der Waals surface area contributed by atoms with Gasteiger partial charge in [0.15, 0.2) is 0 Å². The second kappa shape index (κ2) is 8.90. The van der Waals surface area contributed by atoms with Crippen molar-refractivity contribution in [2.24, 2.45) is 11.8 Å². The molecule has 6 heteroatoms. The first-order valence-corrected chi connectivity index (χ1v) is 12.4. The summed E-state index contributed by atoms with van der Waals surface area (Å²) in [7, 11) is -3.72. The third kappa shape index (κ3) is 4.60. The molecule has 160 valence electrons. The van der Waals surface area contributed by atoms with E-state index in [9.17, 15) is 13.2 Å². The van der Waals surface area contributed by atoms with E-state index in [2.05, 4.69) is 4.72 Å². The van der Waals surface area contributed by atoms with Gasteiger partial charge in [-0.15, -0.1) is 0 Å². The Morgan fingerprint density at radius 1 is 1.03 bits per heavy atom. The SMILES string of the molecule is Cc1ccc(C(=O)N2CC[C@H]3CCCC[C@@H]3C2)cc1S(=O)(=O)NCc1ccccc1. The van der Waals surface area contributed by atoms with Gasteiger partial charge in [-0.1, -0.05) is 55.7 Å². The molecule has 1 saturated carbocycles. The molecule has 1 amide bonds. The summed E-state index contributed by atoms with van der Waals surface area (Å²) in [5, 5.41) is 0. The van der Waals surface area contributed by atoms with Crippen LogP contribution in [-0.4, -0.2) is 32.3 Å². The van der Waals surface area contributed by atoms with Crippen LogP contribution in [0.5, 0.6) is 0 Å². The van der Waals surface area contributed by atoms with Crippen LogP contribution in [0.15, 0.2) is 53.4 Å². The van der Waals surface area contributed by atoms with Gasteiger partial charge in [0.25, 0.3) is 5.91 Å². The summed E-state index contributed by atoms with van der Waals surface area (Å²) in [4.78, 5) is 15.3. The molecule has 1 aliphatic carbocycles. The fourth-order valence-corrected chi connectivity index (χ4v) is 6.13. The maximum absolute atomic E-state index is 13.2. The van der Waals surface area contributed by atoms with E-state index in [4.69, 9.17) is 0 Å². The number of sulfonamides is 1. The molecule has 1 aliphatic heterocycles. The van der Waals surface area contributed by atoms with Crippen LogP contribution in [0.3, 0.4) is 0 Å². The molecule has 0 unspecified atom stereocenters. The number of hydrogen-bond donors (Lipinski definition) is 1. The van der Waals surface area contributed by atoms with E-state index in [0.717, 1.165) is 31.0 Å². The van der Waals surface area contributed by atoms with Crippen molar-refractivity contribution in [3.63, 3.8) is 0 Å². The van der Waals surface area contributed by atoms with Crippen molar-refractivity contribution >= 4 is 15.9 Å². The Morgan fingerprint density at radius 2 is 1.77 bits per heavy atom. The average molecular weight is 427 g/mol. The van der Waals surface area contributed by atoms with Crippen molar-refractivity contribution in [2.45, 2.75) is 50.5 Å². The van der Waals surface area contributed by atoms with Gasteiger partial charge in [0.2, 0.25) is 10.0 Å². The van der Waals surface area contributed by atoms with Gasteiger partial charge >= 0.3 is 0 Å². The monoisotopic (exact) mass is 426 g/mol. The van der Waals surface area contributed by atoms with Gasteiger partial charge in [0.05, 0.1) is 4.90 Å². The molecular weight excluding hydrogens is 396 g/mol. The second-order valence-electron chi connectivity index (χ2n) is 8.63. The predicted molar refractivity (Wildman–Crippen MR) is 118 cm³/mol. The normalized spacial score (nSPS) is 21.8. The smallest absolute Gasteiger partial charge is 0.253 e. The number of rotatable bonds is 5. The molecule has 5 nitrogen and oxygen atoms in total. The number of fused-ring (bicyclic) bond motifs is 1. The minimum atomic E-state index is -3.72. The summed E-state index contributed by atoms with van der Waals surface area (Å²) < 4.78 is 28.5. The highest BCUT2D eigenvalue weighted by Crippen LogP contribution is 2.36. The van der Waals surface area contributed by atoms with Crippen LogP contribution < -0.4 is 4.72 Å². The number of nitrogens with one attached hydrogen (secondary N) is 1. The fourth-order valence-electron chi connectivity index (χ4n) is 4.84. The standard InChI is InChI=1S/C24H30N2O3S/c1-18-11-12-21(24(27)26-14-13-20-9-5-6-10-22(20)17-26)15-23(18)30(28,29)25-16-19-7-3-2-4-8-19/h2-4,7-8,11-12,15,20,22,25H,5-6,9-10,13-14,16-17H2,1H3/t20-,22-/m1/s1. The maximum atomic E-state index is 13.2. The molecule has 1 saturated heterocycles. The van der Waals surface area contributed by atoms with E-state index < -0.39 is 10.0 Å². The zero-order valence-corrected chi connectivity index (χ0v) is 18.3. The minimum absolute atomic E-state index is 0.0569. The quantitative estimate of drug-likeness (QED) is 0.782. The third-order valence-corrected chi connectivity index (χ3v) is 8.16. The topological polar surface area (TPSA) is 66.5 Å². The number of likely N-dealkylation sites (tertiary alicyclic amines) is 1. The molecule has 2 aliphatic rings. The van der Waals surface area contributed by atoms with Crippen molar-refractivity contribution in [3.05, 3.63) is 65.2 Å². The molecule has 0 aromatic heterocycles. The van der Waals surface area contributed by atoms with Crippen LogP contribution >= 0.6 is 0 Å². The van der Waals surface area contributed by atoms with Crippen LogP contribution in [0.25, 0.3) is 0 Å². The van der Waals surface area contributed by atoms with E-state index in [-0.39, 0.29) is 17.3 Å². The van der Waals surface area contributed by atoms with Crippen LogP contribution in [0.1, 0.15) is 53.6 Å². The van der Waals surface area contributed by atoms with Gasteiger partial charge in [-0.05, 0) is 54.9 Å². The maximum Gasteiger partial charge on any atom is 0.253 e. The fraction of sp³-hybridized carbons (Fsp3) is 0.458. The molecule has 2 aromatic rings. The molecule has 30 heavy (non-hydrogen) atoms. The molecule has 2 aromatic carbocycles. The summed E-state index contributed by atoms with van der Waals surface area (Å²) >= 11 is 0. The first-order chi connectivity index (χ1) is 14.4. The highest BCUT2D eigenvalue weighted by Gasteiger charge is 2.33. The summed E-state index contributed by atoms with van der Waals surface area (Å²) in [6.07, 6.45) is 6.11. The zero-order chi connectivity index (χ0) is 21.1. The molecule has 1 heterocycles. The molecule has 0 bridgehead atoms. The van der Waals surface area contributed by atoms with Gasteiger partial charge in [0.1, 0.15) is 0 Å². The first-order valence-electron chi connectivity index (χ1n) is 10.9. The second-order valence-corrected chi connectivity index (χ2v) is 10.4. The number of aryl methyl sites for hydroxylation is 1. The van der Waals surface area contributed by atoms with Crippen LogP contribution in [-0.2, 0) is 16.6 Å². The largest absolute Gasteiger partial charge is 0.338 e. The summed E-state index contributed by atoms with van der Waals surface area (Å²) in [5.74, 6) is 1.29. The van der Waals surface area contributed by atoms with E-state index in [1.165, 1.54) is 31.7 Å². The summed E-state index contributed by atoms with van der Waals surface area (Å²) in [6, 6.07) is 14.4. The van der Waals surface area contributed by atoms with Crippen molar-refractivity contribution in [1.82, 2.24) is 9.62 Å². The van der Waals surface area contributed by atoms with Crippen molar-refractivity contribution < 1.29 is 13.2 Å². The van der Waals surface area contributed by atoms with Gasteiger partial charge in [0, 0.05) is 25.2 Å². The Kier molecular flexibility index (Phi) is 6.25. The van der Waals surface area contributed by atoms with Crippen molar-refractivity contribution in [1.29, 1.82) is 0 Å². The van der Waals surface area contributed by atoms with Crippen LogP contribution in [0.4, 0.5) is 0 Å². The van der Waals surface area contributed by atoms with Gasteiger partial charge in [-0.2, -0.15) is 0 Å². The Bertz CT molecular complexity index is 1000. The molecular formula is C24H30N2O3S. The molecule has 0 radical (unpaired) electrons. The van der Waals surface area contributed by atoms with Crippen LogP contribution in [0, 0.1) is 18.8 Å². The Morgan fingerprint density at radius 3 is 2.53 bits per heavy atom. The number of piperidine rings is 1. The Hall–Kier alpha value is -2.18. The van der Waals surface area contributed by atoms with E-state index in [1.54, 1.807) is 19.1 Å². The third-order valence-electron chi connectivity index (χ3n) is 6.61. The number of carbonyl (C=O) groups excluding carboxylic acids is 1. The van der Waals surface area contributed by atoms with Gasteiger partial charge in [-0.3, -0.25) is 4.79 Å². The van der Waals surface area contributed by atoms with Gasteiger partial charge in [-0.25, -0.2) is 13.1 Å². The Balaban J connectivity index is 1.50. The van der Waals surface area contributed by atoms with E-state index >= 15 is 0 Å². The number of carbonyl (C=O) groups is 1. The lowest BCUT2D eigenvalue weighted by Crippen LogP contribution is -2.44. The summed E-state index contributed by atoms with van der Waals surface area (Å²) in [5.41, 5.74) is 1.98.